The highest BCUT2D eigenvalue weighted by Gasteiger charge is 2.67. The van der Waals surface area contributed by atoms with Gasteiger partial charge in [-0.1, -0.05) is 6.92 Å². The van der Waals surface area contributed by atoms with E-state index in [1.165, 1.54) is 0 Å². The lowest BCUT2D eigenvalue weighted by Crippen LogP contribution is -2.69. The molecule has 5 unspecified atom stereocenters. The Kier molecular flexibility index (Phi) is 1.70. The highest BCUT2D eigenvalue weighted by molar-refractivity contribution is 5.16. The lowest BCUT2D eigenvalue weighted by atomic mass is 9.62. The molecule has 0 spiro atoms. The number of hydrogen-bond acceptors (Lipinski definition) is 4. The summed E-state index contributed by atoms with van der Waals surface area (Å²) in [7, 11) is 0. The van der Waals surface area contributed by atoms with Crippen molar-refractivity contribution in [2.45, 2.75) is 37.3 Å². The summed E-state index contributed by atoms with van der Waals surface area (Å²) in [6.45, 7) is 2.12. The molecule has 1 aliphatic carbocycles. The van der Waals surface area contributed by atoms with Gasteiger partial charge in [0.25, 0.3) is 0 Å². The molecule has 0 amide bonds. The molecule has 12 heavy (non-hydrogen) atoms. The van der Waals surface area contributed by atoms with Crippen molar-refractivity contribution >= 4 is 0 Å². The quantitative estimate of drug-likeness (QED) is 0.471. The van der Waals surface area contributed by atoms with Crippen molar-refractivity contribution in [3.63, 3.8) is 0 Å². The summed E-state index contributed by atoms with van der Waals surface area (Å²) in [4.78, 5) is 0. The minimum atomic E-state index is -0.829. The number of ether oxygens (including phenoxy) is 1. The van der Waals surface area contributed by atoms with Gasteiger partial charge < -0.3 is 20.1 Å². The van der Waals surface area contributed by atoms with Crippen LogP contribution in [0, 0.1) is 5.92 Å². The maximum Gasteiger partial charge on any atom is 0.110 e. The smallest absolute Gasteiger partial charge is 0.110 e. The van der Waals surface area contributed by atoms with E-state index in [0.29, 0.717) is 6.42 Å². The van der Waals surface area contributed by atoms with Crippen molar-refractivity contribution in [1.82, 2.24) is 0 Å². The molecule has 3 N–H and O–H groups in total. The molecular formula is C8H14O4. The fourth-order valence-corrected chi connectivity index (χ4v) is 2.48. The van der Waals surface area contributed by atoms with Crippen LogP contribution in [0.15, 0.2) is 0 Å². The zero-order chi connectivity index (χ0) is 8.93. The summed E-state index contributed by atoms with van der Waals surface area (Å²) in [5, 5.41) is 28.2. The van der Waals surface area contributed by atoms with Crippen LogP contribution in [-0.2, 0) is 4.74 Å². The molecule has 2 rings (SSSR count). The number of rotatable bonds is 1. The van der Waals surface area contributed by atoms with E-state index in [0.717, 1.165) is 0 Å². The Labute approximate surface area is 70.8 Å². The van der Waals surface area contributed by atoms with E-state index in [1.807, 2.05) is 6.92 Å². The number of aliphatic hydroxyl groups is 3. The Balaban J connectivity index is 2.22. The number of fused-ring (bicyclic) bond motifs is 1. The van der Waals surface area contributed by atoms with Crippen LogP contribution in [0.5, 0.6) is 0 Å². The Morgan fingerprint density at radius 3 is 2.58 bits per heavy atom. The molecule has 1 heterocycles. The molecule has 0 aromatic heterocycles. The predicted octanol–water partition coefficient (Wildman–Crippen LogP) is -1.12. The third kappa shape index (κ3) is 0.713. The average molecular weight is 174 g/mol. The molecule has 0 aromatic carbocycles. The van der Waals surface area contributed by atoms with Crippen LogP contribution >= 0.6 is 0 Å². The molecule has 4 nitrogen and oxygen atoms in total. The molecular weight excluding hydrogens is 160 g/mol. The lowest BCUT2D eigenvalue weighted by molar-refractivity contribution is -0.250. The zero-order valence-corrected chi connectivity index (χ0v) is 6.97. The second-order valence-corrected chi connectivity index (χ2v) is 3.65. The molecule has 1 saturated heterocycles. The van der Waals surface area contributed by atoms with E-state index < -0.39 is 23.9 Å². The molecule has 70 valence electrons. The minimum Gasteiger partial charge on any atom is -0.390 e. The van der Waals surface area contributed by atoms with Gasteiger partial charge in [-0.15, -0.1) is 0 Å². The van der Waals surface area contributed by atoms with Gasteiger partial charge in [-0.25, -0.2) is 0 Å². The molecule has 0 radical (unpaired) electrons. The van der Waals surface area contributed by atoms with E-state index in [4.69, 9.17) is 4.74 Å². The largest absolute Gasteiger partial charge is 0.390 e. The Hall–Kier alpha value is -0.160. The van der Waals surface area contributed by atoms with Crippen LogP contribution in [-0.4, -0.2) is 45.8 Å². The first-order valence-corrected chi connectivity index (χ1v) is 4.31. The van der Waals surface area contributed by atoms with Gasteiger partial charge in [0.05, 0.1) is 18.8 Å². The summed E-state index contributed by atoms with van der Waals surface area (Å²) in [6, 6.07) is 0. The van der Waals surface area contributed by atoms with Crippen molar-refractivity contribution < 1.29 is 20.1 Å². The summed E-state index contributed by atoms with van der Waals surface area (Å²) < 4.78 is 5.32. The summed E-state index contributed by atoms with van der Waals surface area (Å²) >= 11 is 0. The van der Waals surface area contributed by atoms with E-state index >= 15 is 0 Å². The van der Waals surface area contributed by atoms with Crippen LogP contribution in [0.1, 0.15) is 13.3 Å². The van der Waals surface area contributed by atoms with Crippen LogP contribution in [0.25, 0.3) is 0 Å². The van der Waals surface area contributed by atoms with Gasteiger partial charge in [-0.2, -0.15) is 0 Å². The first-order valence-electron chi connectivity index (χ1n) is 4.31. The third-order valence-electron chi connectivity index (χ3n) is 3.25. The van der Waals surface area contributed by atoms with Crippen molar-refractivity contribution in [3.05, 3.63) is 0 Å². The Bertz CT molecular complexity index is 195. The Morgan fingerprint density at radius 2 is 2.08 bits per heavy atom. The first-order chi connectivity index (χ1) is 5.63. The van der Waals surface area contributed by atoms with E-state index in [2.05, 4.69) is 0 Å². The van der Waals surface area contributed by atoms with Gasteiger partial charge in [0, 0.05) is 5.92 Å². The average Bonchev–Trinajstić information content (AvgIpc) is 2.39. The van der Waals surface area contributed by atoms with Crippen LogP contribution in [0.4, 0.5) is 0 Å². The SMILES string of the molecule is CCC12OCC(O)C1C(O)C2O. The van der Waals surface area contributed by atoms with E-state index in [-0.39, 0.29) is 12.5 Å². The Morgan fingerprint density at radius 1 is 1.42 bits per heavy atom. The van der Waals surface area contributed by atoms with Crippen molar-refractivity contribution in [3.8, 4) is 0 Å². The molecule has 4 heteroatoms. The van der Waals surface area contributed by atoms with Gasteiger partial charge in [-0.3, -0.25) is 0 Å². The van der Waals surface area contributed by atoms with Crippen molar-refractivity contribution in [2.24, 2.45) is 5.92 Å². The monoisotopic (exact) mass is 174 g/mol. The fraction of sp³-hybridized carbons (Fsp3) is 1.00. The van der Waals surface area contributed by atoms with E-state index in [1.54, 1.807) is 0 Å². The van der Waals surface area contributed by atoms with Crippen LogP contribution < -0.4 is 0 Å². The minimum absolute atomic E-state index is 0.229. The van der Waals surface area contributed by atoms with Crippen molar-refractivity contribution in [1.29, 1.82) is 0 Å². The summed E-state index contributed by atoms with van der Waals surface area (Å²) in [5.41, 5.74) is -0.668. The predicted molar refractivity (Wildman–Crippen MR) is 40.5 cm³/mol. The molecule has 2 fully saturated rings. The zero-order valence-electron chi connectivity index (χ0n) is 6.97. The maximum atomic E-state index is 9.47. The maximum absolute atomic E-state index is 9.47. The molecule has 2 aliphatic rings. The fourth-order valence-electron chi connectivity index (χ4n) is 2.48. The summed E-state index contributed by atoms with van der Waals surface area (Å²) in [5.74, 6) is -0.294. The molecule has 0 bridgehead atoms. The highest BCUT2D eigenvalue weighted by atomic mass is 16.5. The first kappa shape index (κ1) is 8.44. The number of aliphatic hydroxyl groups excluding tert-OH is 3. The van der Waals surface area contributed by atoms with Gasteiger partial charge >= 0.3 is 0 Å². The van der Waals surface area contributed by atoms with Crippen molar-refractivity contribution in [2.75, 3.05) is 6.61 Å². The van der Waals surface area contributed by atoms with Crippen LogP contribution in [0.3, 0.4) is 0 Å². The summed E-state index contributed by atoms with van der Waals surface area (Å²) in [6.07, 6.45) is -1.64. The van der Waals surface area contributed by atoms with Gasteiger partial charge in [0.1, 0.15) is 11.7 Å². The van der Waals surface area contributed by atoms with Gasteiger partial charge in [-0.05, 0) is 6.42 Å². The lowest BCUT2D eigenvalue weighted by Gasteiger charge is -2.52. The topological polar surface area (TPSA) is 69.9 Å². The van der Waals surface area contributed by atoms with Crippen LogP contribution in [0.2, 0.25) is 0 Å². The molecule has 5 atom stereocenters. The standard InChI is InChI=1S/C8H14O4/c1-2-8-5(4(9)3-12-8)6(10)7(8)11/h4-7,9-11H,2-3H2,1H3. The third-order valence-corrected chi connectivity index (χ3v) is 3.25. The van der Waals surface area contributed by atoms with Gasteiger partial charge in [0.2, 0.25) is 0 Å². The van der Waals surface area contributed by atoms with Gasteiger partial charge in [0.15, 0.2) is 0 Å². The second-order valence-electron chi connectivity index (χ2n) is 3.65. The second kappa shape index (κ2) is 2.42. The molecule has 1 aliphatic heterocycles. The van der Waals surface area contributed by atoms with E-state index in [9.17, 15) is 15.3 Å². The molecule has 1 saturated carbocycles. The highest BCUT2D eigenvalue weighted by Crippen LogP contribution is 2.50. The number of hydrogen-bond donors (Lipinski definition) is 3. The molecule has 0 aromatic rings. The normalized spacial score (nSPS) is 58.0.